The lowest BCUT2D eigenvalue weighted by atomic mass is 9.95. The van der Waals surface area contributed by atoms with E-state index in [0.717, 1.165) is 37.7 Å². The molecule has 0 aliphatic rings. The van der Waals surface area contributed by atoms with Crippen molar-refractivity contribution < 1.29 is 24.6 Å². The fourth-order valence-electron chi connectivity index (χ4n) is 5.85. The van der Waals surface area contributed by atoms with Gasteiger partial charge in [-0.25, -0.2) is 0 Å². The Kier molecular flexibility index (Phi) is 21.8. The number of benzene rings is 1. The predicted octanol–water partition coefficient (Wildman–Crippen LogP) is 10.4. The van der Waals surface area contributed by atoms with Gasteiger partial charge in [-0.2, -0.15) is 0 Å². The molecule has 1 aromatic rings. The van der Waals surface area contributed by atoms with Crippen LogP contribution in [-0.4, -0.2) is 20.0 Å². The smallest absolute Gasteiger partial charge is 0.360 e. The molecule has 1 rings (SSSR count). The van der Waals surface area contributed by atoms with E-state index in [2.05, 4.69) is 13.8 Å². The fourth-order valence-corrected chi connectivity index (χ4v) is 6.85. The average Bonchev–Trinajstić information content (AvgIpc) is 2.91. The van der Waals surface area contributed by atoms with E-state index in [-0.39, 0.29) is 5.30 Å². The third kappa shape index (κ3) is 17.0. The topological polar surface area (TPSA) is 98.0 Å². The molecule has 0 radical (unpaired) electrons. The molecule has 6 heteroatoms. The summed E-state index contributed by atoms with van der Waals surface area (Å²) in [6, 6.07) is 1.53. The highest BCUT2D eigenvalue weighted by Crippen LogP contribution is 2.43. The molecule has 0 aliphatic heterocycles. The van der Waals surface area contributed by atoms with Gasteiger partial charge in [-0.15, -0.1) is 0 Å². The second kappa shape index (κ2) is 23.5. The predicted molar refractivity (Wildman–Crippen MR) is 171 cm³/mol. The summed E-state index contributed by atoms with van der Waals surface area (Å²) in [5.41, 5.74) is 1.34. The number of rotatable bonds is 27. The lowest BCUT2D eigenvalue weighted by Crippen LogP contribution is -2.15. The molecule has 0 bridgehead atoms. The Bertz CT molecular complexity index is 804. The van der Waals surface area contributed by atoms with Gasteiger partial charge in [0.1, 0.15) is 5.30 Å². The zero-order chi connectivity index (χ0) is 29.5. The summed E-state index contributed by atoms with van der Waals surface area (Å²) in [5.74, 6) is -1.08. The van der Waals surface area contributed by atoms with Crippen LogP contribution in [0.15, 0.2) is 6.07 Å². The van der Waals surface area contributed by atoms with Crippen molar-refractivity contribution in [3.8, 4) is 11.5 Å². The summed E-state index contributed by atoms with van der Waals surface area (Å²) in [6.07, 6.45) is 31.0. The van der Waals surface area contributed by atoms with Crippen LogP contribution < -0.4 is 5.30 Å². The number of hydrogen-bond acceptors (Lipinski definition) is 3. The Labute approximate surface area is 246 Å². The van der Waals surface area contributed by atoms with E-state index in [9.17, 15) is 24.6 Å². The van der Waals surface area contributed by atoms with Gasteiger partial charge in [0.2, 0.25) is 0 Å². The Hall–Kier alpha value is -1.03. The summed E-state index contributed by atoms with van der Waals surface area (Å²) in [7, 11) is -4.71. The van der Waals surface area contributed by atoms with Crippen LogP contribution in [0.1, 0.15) is 179 Å². The van der Waals surface area contributed by atoms with E-state index in [4.69, 9.17) is 0 Å². The lowest BCUT2D eigenvalue weighted by Gasteiger charge is -2.18. The lowest BCUT2D eigenvalue weighted by molar-refractivity contribution is 0.377. The first kappa shape index (κ1) is 37.0. The summed E-state index contributed by atoms with van der Waals surface area (Å²) < 4.78 is 12.3. The van der Waals surface area contributed by atoms with E-state index in [1.165, 1.54) is 128 Å². The van der Waals surface area contributed by atoms with E-state index < -0.39 is 19.1 Å². The standard InChI is InChI=1S/C34H63O5P/c1-3-5-7-9-11-13-15-17-19-21-23-25-27-30-29-32(35)33(36)34(40(37,38)39)31(30)28-26-24-22-20-18-16-14-12-10-8-6-4-2/h29,35-36H,3-28H2,1-2H3,(H2,37,38,39). The average molecular weight is 583 g/mol. The van der Waals surface area contributed by atoms with E-state index in [1.807, 2.05) is 0 Å². The SMILES string of the molecule is CCCCCCCCCCCCCCc1cc(O)c(O)c(P(=O)(O)O)c1CCCCCCCCCCCCCC. The molecule has 0 unspecified atom stereocenters. The van der Waals surface area contributed by atoms with Crippen molar-refractivity contribution in [1.29, 1.82) is 0 Å². The molecule has 40 heavy (non-hydrogen) atoms. The summed E-state index contributed by atoms with van der Waals surface area (Å²) in [4.78, 5) is 20.0. The highest BCUT2D eigenvalue weighted by Gasteiger charge is 2.30. The van der Waals surface area contributed by atoms with E-state index in [1.54, 1.807) is 0 Å². The Balaban J connectivity index is 2.44. The molecule has 0 amide bonds. The molecule has 234 valence electrons. The first-order valence-electron chi connectivity index (χ1n) is 17.0. The quantitative estimate of drug-likeness (QED) is 0.0470. The third-order valence-corrected chi connectivity index (χ3v) is 9.39. The van der Waals surface area contributed by atoms with Crippen molar-refractivity contribution in [2.45, 2.75) is 181 Å². The minimum absolute atomic E-state index is 0.357. The maximum absolute atomic E-state index is 12.3. The van der Waals surface area contributed by atoms with Gasteiger partial charge in [0.05, 0.1) is 0 Å². The van der Waals surface area contributed by atoms with E-state index >= 15 is 0 Å². The molecule has 5 nitrogen and oxygen atoms in total. The van der Waals surface area contributed by atoms with Gasteiger partial charge in [0.15, 0.2) is 11.5 Å². The van der Waals surface area contributed by atoms with Crippen LogP contribution in [0.2, 0.25) is 0 Å². The Morgan fingerprint density at radius 1 is 0.525 bits per heavy atom. The minimum atomic E-state index is -4.71. The maximum Gasteiger partial charge on any atom is 0.360 e. The van der Waals surface area contributed by atoms with Crippen molar-refractivity contribution in [3.05, 3.63) is 17.2 Å². The largest absolute Gasteiger partial charge is 0.504 e. The van der Waals surface area contributed by atoms with Crippen LogP contribution in [0.25, 0.3) is 0 Å². The minimum Gasteiger partial charge on any atom is -0.504 e. The van der Waals surface area contributed by atoms with Crippen LogP contribution in [0.3, 0.4) is 0 Å². The summed E-state index contributed by atoms with van der Waals surface area (Å²) >= 11 is 0. The molecule has 0 saturated carbocycles. The molecule has 0 heterocycles. The first-order chi connectivity index (χ1) is 19.3. The van der Waals surface area contributed by atoms with Crippen LogP contribution in [0.5, 0.6) is 11.5 Å². The van der Waals surface area contributed by atoms with Crippen molar-refractivity contribution in [1.82, 2.24) is 0 Å². The number of unbranched alkanes of at least 4 members (excludes halogenated alkanes) is 22. The van der Waals surface area contributed by atoms with Crippen molar-refractivity contribution in [2.75, 3.05) is 0 Å². The molecule has 0 fully saturated rings. The van der Waals surface area contributed by atoms with Gasteiger partial charge in [-0.3, -0.25) is 4.57 Å². The van der Waals surface area contributed by atoms with Crippen LogP contribution in [0, 0.1) is 0 Å². The zero-order valence-electron chi connectivity index (χ0n) is 26.1. The second-order valence-corrected chi connectivity index (χ2v) is 13.6. The molecule has 0 spiro atoms. The van der Waals surface area contributed by atoms with Gasteiger partial charge >= 0.3 is 7.60 Å². The van der Waals surface area contributed by atoms with E-state index in [0.29, 0.717) is 18.4 Å². The number of phenolic OH excluding ortho intramolecular Hbond substituents is 2. The van der Waals surface area contributed by atoms with Gasteiger partial charge in [-0.1, -0.05) is 155 Å². The van der Waals surface area contributed by atoms with Gasteiger partial charge in [0, 0.05) is 0 Å². The van der Waals surface area contributed by atoms with Crippen molar-refractivity contribution in [3.63, 3.8) is 0 Å². The molecular weight excluding hydrogens is 519 g/mol. The van der Waals surface area contributed by atoms with Crippen molar-refractivity contribution >= 4 is 12.9 Å². The van der Waals surface area contributed by atoms with Gasteiger partial charge in [-0.05, 0) is 42.9 Å². The summed E-state index contributed by atoms with van der Waals surface area (Å²) in [6.45, 7) is 4.50. The summed E-state index contributed by atoms with van der Waals surface area (Å²) in [5, 5.41) is 20.2. The van der Waals surface area contributed by atoms with Gasteiger partial charge in [0.25, 0.3) is 0 Å². The third-order valence-electron chi connectivity index (χ3n) is 8.32. The molecule has 0 saturated heterocycles. The molecule has 0 aliphatic carbocycles. The number of aromatic hydroxyl groups is 2. The monoisotopic (exact) mass is 582 g/mol. The number of phenols is 2. The van der Waals surface area contributed by atoms with Crippen LogP contribution in [0.4, 0.5) is 0 Å². The maximum atomic E-state index is 12.3. The van der Waals surface area contributed by atoms with Crippen LogP contribution in [-0.2, 0) is 17.4 Å². The molecule has 0 aromatic heterocycles. The Morgan fingerprint density at radius 3 is 1.20 bits per heavy atom. The Morgan fingerprint density at radius 2 is 0.850 bits per heavy atom. The normalized spacial score (nSPS) is 11.9. The number of hydrogen-bond donors (Lipinski definition) is 4. The van der Waals surface area contributed by atoms with Gasteiger partial charge < -0.3 is 20.0 Å². The second-order valence-electron chi connectivity index (χ2n) is 12.1. The van der Waals surface area contributed by atoms with Crippen LogP contribution >= 0.6 is 7.60 Å². The fraction of sp³-hybridized carbons (Fsp3) is 0.824. The van der Waals surface area contributed by atoms with Crippen molar-refractivity contribution in [2.24, 2.45) is 0 Å². The molecule has 0 atom stereocenters. The zero-order valence-corrected chi connectivity index (χ0v) is 27.0. The number of aryl methyl sites for hydroxylation is 1. The first-order valence-corrected chi connectivity index (χ1v) is 18.6. The highest BCUT2D eigenvalue weighted by molar-refractivity contribution is 7.60. The molecule has 1 aromatic carbocycles. The highest BCUT2D eigenvalue weighted by atomic mass is 31.2. The molecule has 4 N–H and O–H groups in total. The molecular formula is C34H63O5P.